The normalized spacial score (nSPS) is 11.3. The van der Waals surface area contributed by atoms with Gasteiger partial charge in [-0.05, 0) is 24.5 Å². The van der Waals surface area contributed by atoms with Crippen LogP contribution in [0.4, 0.5) is 10.1 Å². The Kier molecular flexibility index (Phi) is 3.90. The molecule has 0 radical (unpaired) electrons. The van der Waals surface area contributed by atoms with E-state index in [1.54, 1.807) is 17.8 Å². The number of nitrogens with two attached hydrogens (primary N) is 1. The maximum atomic E-state index is 13.6. The van der Waals surface area contributed by atoms with Crippen LogP contribution in [-0.4, -0.2) is 9.36 Å². The molecule has 0 atom stereocenters. The molecule has 0 aliphatic carbocycles. The molecule has 1 aromatic carbocycles. The minimum Gasteiger partial charge on any atom is -0.393 e. The van der Waals surface area contributed by atoms with Gasteiger partial charge in [0.2, 0.25) is 0 Å². The van der Waals surface area contributed by atoms with Crippen molar-refractivity contribution in [2.24, 2.45) is 13.0 Å². The number of nitrogen functional groups attached to an aromatic ring is 1. The van der Waals surface area contributed by atoms with E-state index in [9.17, 15) is 9.18 Å². The quantitative estimate of drug-likeness (QED) is 0.947. The van der Waals surface area contributed by atoms with Crippen molar-refractivity contribution >= 4 is 17.3 Å². The average Bonchev–Trinajstić information content (AvgIpc) is 2.57. The van der Waals surface area contributed by atoms with Crippen LogP contribution in [0.1, 0.15) is 19.5 Å². The second kappa shape index (κ2) is 5.32. The van der Waals surface area contributed by atoms with Gasteiger partial charge >= 0.3 is 0 Å². The molecule has 0 bridgehead atoms. The summed E-state index contributed by atoms with van der Waals surface area (Å²) < 4.78 is 16.6. The van der Waals surface area contributed by atoms with Crippen molar-refractivity contribution in [3.63, 3.8) is 0 Å². The van der Waals surface area contributed by atoms with Crippen LogP contribution in [0.5, 0.6) is 0 Å². The van der Waals surface area contributed by atoms with Crippen molar-refractivity contribution in [3.05, 3.63) is 45.1 Å². The Morgan fingerprint density at radius 1 is 1.40 bits per heavy atom. The van der Waals surface area contributed by atoms with Gasteiger partial charge in [-0.25, -0.2) is 9.07 Å². The maximum Gasteiger partial charge on any atom is 0.294 e. The third-order valence-electron chi connectivity index (χ3n) is 3.17. The minimum absolute atomic E-state index is 0.0198. The summed E-state index contributed by atoms with van der Waals surface area (Å²) >= 11 is 5.66. The highest BCUT2D eigenvalue weighted by Gasteiger charge is 2.18. The molecule has 20 heavy (non-hydrogen) atoms. The van der Waals surface area contributed by atoms with Crippen LogP contribution in [0.15, 0.2) is 23.0 Å². The third kappa shape index (κ3) is 2.45. The van der Waals surface area contributed by atoms with E-state index in [0.717, 1.165) is 5.69 Å². The van der Waals surface area contributed by atoms with E-state index in [0.29, 0.717) is 18.0 Å². The molecular weight excluding hydrogens is 281 g/mol. The second-order valence-corrected chi connectivity index (χ2v) is 5.60. The SMILES string of the molecule is CC(C)Cc1c(N)c(=O)n(-c2ccc(Cl)c(F)c2)n1C. The molecule has 1 aromatic heterocycles. The molecule has 108 valence electrons. The van der Waals surface area contributed by atoms with E-state index in [4.69, 9.17) is 17.3 Å². The lowest BCUT2D eigenvalue weighted by Crippen LogP contribution is -2.20. The van der Waals surface area contributed by atoms with Crippen molar-refractivity contribution in [2.45, 2.75) is 20.3 Å². The minimum atomic E-state index is -0.568. The van der Waals surface area contributed by atoms with Gasteiger partial charge in [0.05, 0.1) is 16.4 Å². The molecule has 0 aliphatic rings. The van der Waals surface area contributed by atoms with Crippen LogP contribution in [-0.2, 0) is 13.5 Å². The van der Waals surface area contributed by atoms with E-state index in [1.165, 1.54) is 16.8 Å². The van der Waals surface area contributed by atoms with Crippen LogP contribution in [0.25, 0.3) is 5.69 Å². The lowest BCUT2D eigenvalue weighted by atomic mass is 10.1. The van der Waals surface area contributed by atoms with E-state index in [1.807, 2.05) is 13.8 Å². The smallest absolute Gasteiger partial charge is 0.294 e. The number of halogens is 2. The number of aromatic nitrogens is 2. The van der Waals surface area contributed by atoms with Crippen LogP contribution in [0.2, 0.25) is 5.02 Å². The molecule has 0 amide bonds. The Morgan fingerprint density at radius 3 is 2.60 bits per heavy atom. The molecule has 0 unspecified atom stereocenters. The Balaban J connectivity index is 2.63. The highest BCUT2D eigenvalue weighted by molar-refractivity contribution is 6.30. The van der Waals surface area contributed by atoms with Gasteiger partial charge in [0, 0.05) is 13.1 Å². The predicted molar refractivity (Wildman–Crippen MR) is 78.9 cm³/mol. The first kappa shape index (κ1) is 14.7. The Bertz CT molecular complexity index is 703. The van der Waals surface area contributed by atoms with Crippen molar-refractivity contribution < 1.29 is 4.39 Å². The Labute approximate surface area is 121 Å². The summed E-state index contributed by atoms with van der Waals surface area (Å²) in [4.78, 5) is 12.3. The fourth-order valence-electron chi connectivity index (χ4n) is 2.20. The van der Waals surface area contributed by atoms with E-state index >= 15 is 0 Å². The number of benzene rings is 1. The molecule has 1 heterocycles. The molecule has 2 rings (SSSR count). The summed E-state index contributed by atoms with van der Waals surface area (Å²) in [6.07, 6.45) is 0.681. The lowest BCUT2D eigenvalue weighted by molar-refractivity contribution is 0.560. The zero-order valence-electron chi connectivity index (χ0n) is 11.7. The third-order valence-corrected chi connectivity index (χ3v) is 3.48. The number of rotatable bonds is 3. The first-order valence-corrected chi connectivity index (χ1v) is 6.72. The number of anilines is 1. The molecule has 2 N–H and O–H groups in total. The topological polar surface area (TPSA) is 53.0 Å². The standard InChI is InChI=1S/C14H17ClFN3O/c1-8(2)6-12-13(17)14(20)19(18(12)3)9-4-5-10(15)11(16)7-9/h4-5,7-8H,6,17H2,1-3H3. The zero-order chi connectivity index (χ0) is 15.0. The van der Waals surface area contributed by atoms with Gasteiger partial charge in [-0.2, -0.15) is 0 Å². The molecule has 0 spiro atoms. The summed E-state index contributed by atoms with van der Waals surface area (Å²) in [7, 11) is 1.74. The highest BCUT2D eigenvalue weighted by atomic mass is 35.5. The van der Waals surface area contributed by atoms with Gasteiger partial charge in [0.25, 0.3) is 5.56 Å². The van der Waals surface area contributed by atoms with Crippen LogP contribution < -0.4 is 11.3 Å². The second-order valence-electron chi connectivity index (χ2n) is 5.20. The largest absolute Gasteiger partial charge is 0.393 e. The molecule has 0 saturated carbocycles. The molecule has 6 heteroatoms. The summed E-state index contributed by atoms with van der Waals surface area (Å²) in [6, 6.07) is 4.23. The molecule has 4 nitrogen and oxygen atoms in total. The summed E-state index contributed by atoms with van der Waals surface area (Å²) in [5, 5.41) is 0.0198. The van der Waals surface area contributed by atoms with E-state index in [-0.39, 0.29) is 16.3 Å². The molecule has 2 aromatic rings. The predicted octanol–water partition coefficient (Wildman–Crippen LogP) is 2.75. The van der Waals surface area contributed by atoms with Gasteiger partial charge in [-0.3, -0.25) is 9.48 Å². The molecule has 0 fully saturated rings. The highest BCUT2D eigenvalue weighted by Crippen LogP contribution is 2.20. The lowest BCUT2D eigenvalue weighted by Gasteiger charge is -2.11. The number of nitrogens with zero attached hydrogens (tertiary/aromatic N) is 2. The van der Waals surface area contributed by atoms with Gasteiger partial charge in [-0.15, -0.1) is 0 Å². The van der Waals surface area contributed by atoms with Crippen molar-refractivity contribution in [3.8, 4) is 5.69 Å². The van der Waals surface area contributed by atoms with Crippen LogP contribution in [0, 0.1) is 11.7 Å². The zero-order valence-corrected chi connectivity index (χ0v) is 12.4. The van der Waals surface area contributed by atoms with Gasteiger partial charge in [-0.1, -0.05) is 25.4 Å². The first-order chi connectivity index (χ1) is 9.32. The van der Waals surface area contributed by atoms with Crippen molar-refractivity contribution in [1.29, 1.82) is 0 Å². The van der Waals surface area contributed by atoms with E-state index < -0.39 is 5.82 Å². The molecule has 0 aliphatic heterocycles. The maximum absolute atomic E-state index is 13.6. The Morgan fingerprint density at radius 2 is 2.05 bits per heavy atom. The van der Waals surface area contributed by atoms with Gasteiger partial charge < -0.3 is 5.73 Å². The summed E-state index contributed by atoms with van der Waals surface area (Å²) in [5.41, 5.74) is 6.90. The number of hydrogen-bond donors (Lipinski definition) is 1. The summed E-state index contributed by atoms with van der Waals surface area (Å²) in [6.45, 7) is 4.09. The van der Waals surface area contributed by atoms with Crippen molar-refractivity contribution in [2.75, 3.05) is 5.73 Å². The average molecular weight is 298 g/mol. The van der Waals surface area contributed by atoms with Gasteiger partial charge in [0.1, 0.15) is 11.5 Å². The van der Waals surface area contributed by atoms with Crippen molar-refractivity contribution in [1.82, 2.24) is 9.36 Å². The summed E-state index contributed by atoms with van der Waals surface area (Å²) in [5.74, 6) is -0.207. The van der Waals surface area contributed by atoms with Crippen LogP contribution in [0.3, 0.4) is 0 Å². The monoisotopic (exact) mass is 297 g/mol. The number of hydrogen-bond acceptors (Lipinski definition) is 2. The first-order valence-electron chi connectivity index (χ1n) is 6.34. The van der Waals surface area contributed by atoms with Gasteiger partial charge in [0.15, 0.2) is 0 Å². The fraction of sp³-hybridized carbons (Fsp3) is 0.357. The van der Waals surface area contributed by atoms with Crippen LogP contribution >= 0.6 is 11.6 Å². The molecule has 0 saturated heterocycles. The van der Waals surface area contributed by atoms with E-state index in [2.05, 4.69) is 0 Å². The fourth-order valence-corrected chi connectivity index (χ4v) is 2.32. The molecular formula is C14H17ClFN3O. The Hall–Kier alpha value is -1.75.